The molecule has 0 bridgehead atoms. The monoisotopic (exact) mass is 518 g/mol. The summed E-state index contributed by atoms with van der Waals surface area (Å²) in [6.07, 6.45) is 0.731. The lowest BCUT2D eigenvalue weighted by atomic mass is 9.91. The van der Waals surface area contributed by atoms with Crippen molar-refractivity contribution >= 4 is 5.91 Å². The highest BCUT2D eigenvalue weighted by atomic mass is 19.1. The van der Waals surface area contributed by atoms with E-state index < -0.39 is 11.7 Å². The molecule has 2 aromatic heterocycles. The highest BCUT2D eigenvalue weighted by Gasteiger charge is 2.40. The van der Waals surface area contributed by atoms with Gasteiger partial charge in [-0.25, -0.2) is 14.4 Å². The van der Waals surface area contributed by atoms with Crippen molar-refractivity contribution in [2.24, 2.45) is 11.1 Å². The zero-order chi connectivity index (χ0) is 26.5. The first-order chi connectivity index (χ1) is 18.4. The topological polar surface area (TPSA) is 137 Å². The first-order valence-corrected chi connectivity index (χ1v) is 12.1. The zero-order valence-corrected chi connectivity index (χ0v) is 20.7. The van der Waals surface area contributed by atoms with E-state index in [1.54, 1.807) is 43.5 Å². The van der Waals surface area contributed by atoms with Crippen LogP contribution in [0.5, 0.6) is 11.8 Å². The Morgan fingerprint density at radius 1 is 1.13 bits per heavy atom. The van der Waals surface area contributed by atoms with Crippen molar-refractivity contribution in [3.05, 3.63) is 78.5 Å². The van der Waals surface area contributed by atoms with Crippen LogP contribution in [0.2, 0.25) is 0 Å². The molecule has 1 fully saturated rings. The van der Waals surface area contributed by atoms with E-state index in [-0.39, 0.29) is 30.9 Å². The summed E-state index contributed by atoms with van der Waals surface area (Å²) < 4.78 is 31.3. The molecule has 5 rings (SSSR count). The summed E-state index contributed by atoms with van der Waals surface area (Å²) in [5.41, 5.74) is 6.86. The third kappa shape index (κ3) is 5.54. The van der Waals surface area contributed by atoms with Gasteiger partial charge < -0.3 is 30.2 Å². The first kappa shape index (κ1) is 25.5. The predicted octanol–water partition coefficient (Wildman–Crippen LogP) is 3.59. The minimum atomic E-state index is -0.864. The van der Waals surface area contributed by atoms with Gasteiger partial charge in [-0.2, -0.15) is 4.98 Å². The van der Waals surface area contributed by atoms with Gasteiger partial charge in [0.05, 0.1) is 35.7 Å². The second-order valence-corrected chi connectivity index (χ2v) is 9.05. The number of para-hydroxylation sites is 1. The van der Waals surface area contributed by atoms with Crippen LogP contribution in [0, 0.1) is 11.2 Å². The number of imidazole rings is 1. The molecule has 0 spiro atoms. The van der Waals surface area contributed by atoms with Crippen LogP contribution in [0.15, 0.2) is 66.9 Å². The van der Waals surface area contributed by atoms with Gasteiger partial charge in [0, 0.05) is 24.8 Å². The molecule has 2 aromatic carbocycles. The van der Waals surface area contributed by atoms with Gasteiger partial charge in [-0.1, -0.05) is 18.2 Å². The summed E-state index contributed by atoms with van der Waals surface area (Å²) >= 11 is 0. The molecule has 0 unspecified atom stereocenters. The Kier molecular flexibility index (Phi) is 7.40. The number of nitrogens with zero attached hydrogens (tertiary/aromatic N) is 3. The van der Waals surface area contributed by atoms with Crippen molar-refractivity contribution in [3.63, 3.8) is 0 Å². The first-order valence-electron chi connectivity index (χ1n) is 12.1. The molecule has 3 heterocycles. The highest BCUT2D eigenvalue weighted by Crippen LogP contribution is 2.36. The molecule has 1 saturated heterocycles. The lowest BCUT2D eigenvalue weighted by molar-refractivity contribution is -0.231. The molecule has 10 nitrogen and oxygen atoms in total. The summed E-state index contributed by atoms with van der Waals surface area (Å²) in [7, 11) is 0. The Morgan fingerprint density at radius 2 is 1.87 bits per heavy atom. The number of aromatic amines is 1. The minimum Gasteiger partial charge on any atom is -0.424 e. The number of ether oxygens (including phenoxy) is 3. The van der Waals surface area contributed by atoms with Crippen molar-refractivity contribution in [1.82, 2.24) is 25.3 Å². The summed E-state index contributed by atoms with van der Waals surface area (Å²) in [5, 5.41) is 2.78. The van der Waals surface area contributed by atoms with Crippen molar-refractivity contribution in [1.29, 1.82) is 0 Å². The molecule has 1 aliphatic rings. The Morgan fingerprint density at radius 3 is 2.58 bits per heavy atom. The van der Waals surface area contributed by atoms with Crippen LogP contribution in [-0.4, -0.2) is 52.1 Å². The summed E-state index contributed by atoms with van der Waals surface area (Å²) in [4.78, 5) is 29.3. The van der Waals surface area contributed by atoms with E-state index in [9.17, 15) is 9.18 Å². The molecule has 0 atom stereocenters. The van der Waals surface area contributed by atoms with Crippen LogP contribution in [0.4, 0.5) is 4.39 Å². The number of aromatic nitrogens is 4. The second-order valence-electron chi connectivity index (χ2n) is 9.05. The maximum Gasteiger partial charge on any atom is 0.322 e. The van der Waals surface area contributed by atoms with E-state index in [1.165, 1.54) is 12.1 Å². The summed E-state index contributed by atoms with van der Waals surface area (Å²) in [5.74, 6) is 0.419. The van der Waals surface area contributed by atoms with Crippen LogP contribution in [0.25, 0.3) is 22.6 Å². The van der Waals surface area contributed by atoms with Crippen LogP contribution in [0.3, 0.4) is 0 Å². The number of halogens is 1. The highest BCUT2D eigenvalue weighted by molar-refractivity contribution is 5.82. The largest absolute Gasteiger partial charge is 0.424 e. The number of nitrogens with two attached hydrogens (primary N) is 1. The van der Waals surface area contributed by atoms with Crippen molar-refractivity contribution in [3.8, 4) is 34.4 Å². The van der Waals surface area contributed by atoms with Gasteiger partial charge in [0.15, 0.2) is 5.82 Å². The summed E-state index contributed by atoms with van der Waals surface area (Å²) in [6, 6.07) is 17.0. The fourth-order valence-electron chi connectivity index (χ4n) is 3.93. The lowest BCUT2D eigenvalue weighted by Gasteiger charge is -2.35. The van der Waals surface area contributed by atoms with E-state index >= 15 is 0 Å². The molecule has 1 amide bonds. The SMILES string of the molecule is CC1(C(=O)NCCN)COC(c2nc(-c3ccc(F)cc3)c(-c3ccnc(Oc4ccccc4)n3)[nH]2)OC1. The minimum absolute atomic E-state index is 0.124. The molecule has 4 aromatic rings. The number of benzene rings is 2. The number of H-pyrrole nitrogens is 1. The van der Waals surface area contributed by atoms with Gasteiger partial charge in [0.25, 0.3) is 0 Å². The number of rotatable bonds is 8. The van der Waals surface area contributed by atoms with E-state index in [0.29, 0.717) is 47.3 Å². The zero-order valence-electron chi connectivity index (χ0n) is 20.7. The van der Waals surface area contributed by atoms with Gasteiger partial charge in [-0.05, 0) is 49.4 Å². The van der Waals surface area contributed by atoms with Gasteiger partial charge in [-0.15, -0.1) is 0 Å². The molecule has 4 N–H and O–H groups in total. The third-order valence-electron chi connectivity index (χ3n) is 5.99. The smallest absolute Gasteiger partial charge is 0.322 e. The van der Waals surface area contributed by atoms with Crippen LogP contribution < -0.4 is 15.8 Å². The molecule has 38 heavy (non-hydrogen) atoms. The Balaban J connectivity index is 1.44. The average Bonchev–Trinajstić information content (AvgIpc) is 3.39. The molecule has 0 saturated carbocycles. The normalized spacial score (nSPS) is 19.2. The average molecular weight is 519 g/mol. The maximum atomic E-state index is 13.7. The molecule has 196 valence electrons. The molecule has 0 aliphatic carbocycles. The second kappa shape index (κ2) is 11.1. The van der Waals surface area contributed by atoms with E-state index in [4.69, 9.17) is 24.9 Å². The quantitative estimate of drug-likeness (QED) is 0.322. The Hall–Kier alpha value is -4.19. The number of carbonyl (C=O) groups excluding carboxylic acids is 1. The van der Waals surface area contributed by atoms with Gasteiger partial charge in [-0.3, -0.25) is 4.79 Å². The predicted molar refractivity (Wildman–Crippen MR) is 136 cm³/mol. The number of amides is 1. The Labute approximate surface area is 218 Å². The Bertz CT molecular complexity index is 1390. The number of carbonyl (C=O) groups is 1. The van der Waals surface area contributed by atoms with Crippen LogP contribution >= 0.6 is 0 Å². The standard InChI is InChI=1S/C27H27FN6O4/c1-27(25(35)30-14-12-29)15-36-24(37-16-27)23-33-21(17-7-9-18(28)10-8-17)22(34-23)20-11-13-31-26(32-20)38-19-5-3-2-4-6-19/h2-11,13,24H,12,14-16,29H2,1H3,(H,30,35)(H,33,34). The number of hydrogen-bond acceptors (Lipinski definition) is 8. The van der Waals surface area contributed by atoms with E-state index in [1.807, 2.05) is 18.2 Å². The number of hydrogen-bond donors (Lipinski definition) is 3. The van der Waals surface area contributed by atoms with Gasteiger partial charge in [0.1, 0.15) is 11.6 Å². The van der Waals surface area contributed by atoms with Gasteiger partial charge in [0.2, 0.25) is 12.2 Å². The lowest BCUT2D eigenvalue weighted by Crippen LogP contribution is -2.49. The molecule has 1 aliphatic heterocycles. The maximum absolute atomic E-state index is 13.7. The summed E-state index contributed by atoms with van der Waals surface area (Å²) in [6.45, 7) is 2.73. The molecular formula is C27H27FN6O4. The van der Waals surface area contributed by atoms with Crippen molar-refractivity contribution in [2.75, 3.05) is 26.3 Å². The fraction of sp³-hybridized carbons (Fsp3) is 0.259. The molecule has 0 radical (unpaired) electrons. The van der Waals surface area contributed by atoms with Crippen molar-refractivity contribution in [2.45, 2.75) is 13.2 Å². The molecular weight excluding hydrogens is 491 g/mol. The third-order valence-corrected chi connectivity index (χ3v) is 5.99. The van der Waals surface area contributed by atoms with Crippen LogP contribution in [0.1, 0.15) is 19.0 Å². The van der Waals surface area contributed by atoms with Gasteiger partial charge >= 0.3 is 6.01 Å². The van der Waals surface area contributed by atoms with E-state index in [2.05, 4.69) is 20.3 Å². The molecule has 11 heteroatoms. The van der Waals surface area contributed by atoms with E-state index in [0.717, 1.165) is 0 Å². The number of nitrogens with one attached hydrogen (secondary N) is 2. The fourth-order valence-corrected chi connectivity index (χ4v) is 3.93. The van der Waals surface area contributed by atoms with Crippen molar-refractivity contribution < 1.29 is 23.4 Å². The van der Waals surface area contributed by atoms with Crippen LogP contribution in [-0.2, 0) is 14.3 Å².